The fourth-order valence-electron chi connectivity index (χ4n) is 1.62. The number of hydrogen-bond acceptors (Lipinski definition) is 2. The second-order valence-electron chi connectivity index (χ2n) is 4.29. The van der Waals surface area contributed by atoms with E-state index in [-0.39, 0.29) is 11.6 Å². The Kier molecular flexibility index (Phi) is 4.73. The lowest BCUT2D eigenvalue weighted by molar-refractivity contribution is 0.604. The third-order valence-corrected chi connectivity index (χ3v) is 4.43. The van der Waals surface area contributed by atoms with Crippen LogP contribution < -0.4 is 0 Å². The number of sulfone groups is 1. The Balaban J connectivity index is 2.11. The SMILES string of the molecule is O=S(=O)(C=Cc1ccc(F)cc1)Cc1ccc(Br)cc1. The highest BCUT2D eigenvalue weighted by Gasteiger charge is 2.07. The van der Waals surface area contributed by atoms with Crippen LogP contribution in [-0.2, 0) is 15.6 Å². The summed E-state index contributed by atoms with van der Waals surface area (Å²) in [6.07, 6.45) is 1.47. The smallest absolute Gasteiger partial charge is 0.175 e. The molecular weight excluding hydrogens is 343 g/mol. The molecule has 0 heterocycles. The molecule has 0 aliphatic heterocycles. The Morgan fingerprint density at radius 2 is 1.60 bits per heavy atom. The Hall–Kier alpha value is -1.46. The zero-order chi connectivity index (χ0) is 14.6. The van der Waals surface area contributed by atoms with Crippen molar-refractivity contribution in [1.29, 1.82) is 0 Å². The minimum Gasteiger partial charge on any atom is -0.224 e. The minimum absolute atomic E-state index is 0.0576. The monoisotopic (exact) mass is 354 g/mol. The summed E-state index contributed by atoms with van der Waals surface area (Å²) in [5, 5.41) is 1.16. The van der Waals surface area contributed by atoms with Gasteiger partial charge in [-0.25, -0.2) is 12.8 Å². The van der Waals surface area contributed by atoms with Gasteiger partial charge in [-0.1, -0.05) is 40.2 Å². The van der Waals surface area contributed by atoms with Gasteiger partial charge in [-0.05, 0) is 41.5 Å². The summed E-state index contributed by atoms with van der Waals surface area (Å²) < 4.78 is 37.5. The molecule has 2 aromatic carbocycles. The Labute approximate surface area is 126 Å². The first-order chi connectivity index (χ1) is 9.44. The molecule has 104 valence electrons. The first-order valence-electron chi connectivity index (χ1n) is 5.85. The second kappa shape index (κ2) is 6.33. The molecule has 0 radical (unpaired) electrons. The molecule has 0 spiro atoms. The van der Waals surface area contributed by atoms with Crippen LogP contribution in [0.1, 0.15) is 11.1 Å². The third kappa shape index (κ3) is 4.58. The van der Waals surface area contributed by atoms with Gasteiger partial charge in [0.1, 0.15) is 5.82 Å². The third-order valence-electron chi connectivity index (χ3n) is 2.62. The molecule has 0 aliphatic rings. The van der Waals surface area contributed by atoms with Gasteiger partial charge in [-0.3, -0.25) is 0 Å². The fraction of sp³-hybridized carbons (Fsp3) is 0.0667. The molecule has 0 atom stereocenters. The van der Waals surface area contributed by atoms with Crippen LogP contribution >= 0.6 is 15.9 Å². The summed E-state index contributed by atoms with van der Waals surface area (Å²) in [6.45, 7) is 0. The Morgan fingerprint density at radius 1 is 1.00 bits per heavy atom. The molecule has 2 aromatic rings. The van der Waals surface area contributed by atoms with Crippen molar-refractivity contribution in [3.8, 4) is 0 Å². The van der Waals surface area contributed by atoms with Gasteiger partial charge in [0.15, 0.2) is 9.84 Å². The van der Waals surface area contributed by atoms with E-state index in [4.69, 9.17) is 0 Å². The van der Waals surface area contributed by atoms with E-state index in [1.54, 1.807) is 24.3 Å². The highest BCUT2D eigenvalue weighted by atomic mass is 79.9. The van der Waals surface area contributed by atoms with E-state index in [0.29, 0.717) is 5.56 Å². The molecule has 0 N–H and O–H groups in total. The molecule has 0 aliphatic carbocycles. The number of benzene rings is 2. The summed E-state index contributed by atoms with van der Waals surface area (Å²) in [6, 6.07) is 12.8. The minimum atomic E-state index is -3.35. The first kappa shape index (κ1) is 14.9. The molecule has 2 rings (SSSR count). The first-order valence-corrected chi connectivity index (χ1v) is 8.36. The average Bonchev–Trinajstić information content (AvgIpc) is 2.41. The molecule has 0 bridgehead atoms. The van der Waals surface area contributed by atoms with Crippen LogP contribution in [0, 0.1) is 5.82 Å². The zero-order valence-electron chi connectivity index (χ0n) is 10.5. The molecule has 0 fully saturated rings. The molecule has 0 saturated heterocycles. The summed E-state index contributed by atoms with van der Waals surface area (Å²) >= 11 is 3.30. The van der Waals surface area contributed by atoms with E-state index in [2.05, 4.69) is 15.9 Å². The van der Waals surface area contributed by atoms with Gasteiger partial charge in [0, 0.05) is 9.88 Å². The molecular formula is C15H12BrFO2S. The van der Waals surface area contributed by atoms with Crippen molar-refractivity contribution in [3.63, 3.8) is 0 Å². The maximum Gasteiger partial charge on any atom is 0.175 e. The van der Waals surface area contributed by atoms with Crippen LogP contribution in [0.15, 0.2) is 58.4 Å². The summed E-state index contributed by atoms with van der Waals surface area (Å²) in [5.74, 6) is -0.405. The van der Waals surface area contributed by atoms with Crippen molar-refractivity contribution in [2.24, 2.45) is 0 Å². The molecule has 0 aromatic heterocycles. The van der Waals surface area contributed by atoms with Crippen LogP contribution in [0.25, 0.3) is 6.08 Å². The van der Waals surface area contributed by atoms with Crippen molar-refractivity contribution in [1.82, 2.24) is 0 Å². The maximum absolute atomic E-state index is 12.7. The summed E-state index contributed by atoms with van der Waals surface area (Å²) in [5.41, 5.74) is 1.36. The Bertz CT molecular complexity index is 705. The van der Waals surface area contributed by atoms with Crippen LogP contribution in [0.4, 0.5) is 4.39 Å². The average molecular weight is 355 g/mol. The molecule has 0 unspecified atom stereocenters. The van der Waals surface area contributed by atoms with Gasteiger partial charge < -0.3 is 0 Å². The topological polar surface area (TPSA) is 34.1 Å². The van der Waals surface area contributed by atoms with E-state index in [0.717, 1.165) is 15.4 Å². The van der Waals surface area contributed by atoms with Gasteiger partial charge in [-0.15, -0.1) is 0 Å². The summed E-state index contributed by atoms with van der Waals surface area (Å²) in [7, 11) is -3.35. The highest BCUT2D eigenvalue weighted by Crippen LogP contribution is 2.14. The van der Waals surface area contributed by atoms with Crippen molar-refractivity contribution in [3.05, 3.63) is 75.4 Å². The van der Waals surface area contributed by atoms with E-state index >= 15 is 0 Å². The van der Waals surface area contributed by atoms with E-state index in [9.17, 15) is 12.8 Å². The van der Waals surface area contributed by atoms with Gasteiger partial charge in [0.25, 0.3) is 0 Å². The quantitative estimate of drug-likeness (QED) is 0.825. The normalized spacial score (nSPS) is 11.9. The van der Waals surface area contributed by atoms with Crippen LogP contribution in [0.3, 0.4) is 0 Å². The Morgan fingerprint density at radius 3 is 2.20 bits per heavy atom. The maximum atomic E-state index is 12.7. The van der Waals surface area contributed by atoms with Crippen LogP contribution in [0.2, 0.25) is 0 Å². The van der Waals surface area contributed by atoms with Gasteiger partial charge >= 0.3 is 0 Å². The van der Waals surface area contributed by atoms with Gasteiger partial charge in [0.2, 0.25) is 0 Å². The van der Waals surface area contributed by atoms with Crippen molar-refractivity contribution in [2.75, 3.05) is 0 Å². The molecule has 2 nitrogen and oxygen atoms in total. The van der Waals surface area contributed by atoms with Crippen molar-refractivity contribution < 1.29 is 12.8 Å². The number of halogens is 2. The van der Waals surface area contributed by atoms with E-state index in [1.165, 1.54) is 30.3 Å². The van der Waals surface area contributed by atoms with Crippen molar-refractivity contribution >= 4 is 31.8 Å². The van der Waals surface area contributed by atoms with Crippen LogP contribution in [0.5, 0.6) is 0 Å². The molecule has 20 heavy (non-hydrogen) atoms. The zero-order valence-corrected chi connectivity index (χ0v) is 12.9. The van der Waals surface area contributed by atoms with Crippen molar-refractivity contribution in [2.45, 2.75) is 5.75 Å². The lowest BCUT2D eigenvalue weighted by Crippen LogP contribution is -1.99. The standard InChI is InChI=1S/C15H12BrFO2S/c16-14-5-1-13(2-6-14)11-20(18,19)10-9-12-3-7-15(17)8-4-12/h1-10H,11H2. The lowest BCUT2D eigenvalue weighted by Gasteiger charge is -2.00. The van der Waals surface area contributed by atoms with Gasteiger partial charge in [0.05, 0.1) is 5.75 Å². The number of rotatable bonds is 4. The fourth-order valence-corrected chi connectivity index (χ4v) is 3.00. The van der Waals surface area contributed by atoms with E-state index < -0.39 is 9.84 Å². The predicted molar refractivity (Wildman–Crippen MR) is 82.2 cm³/mol. The molecule has 0 amide bonds. The predicted octanol–water partition coefficient (Wildman–Crippen LogP) is 4.17. The summed E-state index contributed by atoms with van der Waals surface area (Å²) in [4.78, 5) is 0. The second-order valence-corrected chi connectivity index (χ2v) is 7.09. The van der Waals surface area contributed by atoms with Crippen LogP contribution in [-0.4, -0.2) is 8.42 Å². The lowest BCUT2D eigenvalue weighted by atomic mass is 10.2. The largest absolute Gasteiger partial charge is 0.224 e. The van der Waals surface area contributed by atoms with Gasteiger partial charge in [-0.2, -0.15) is 0 Å². The molecule has 5 heteroatoms. The molecule has 0 saturated carbocycles. The highest BCUT2D eigenvalue weighted by molar-refractivity contribution is 9.10. The number of hydrogen-bond donors (Lipinski definition) is 0. The van der Waals surface area contributed by atoms with E-state index in [1.807, 2.05) is 0 Å².